The number of unbranched alkanes of at least 4 members (excludes halogenated alkanes) is 12. The topological polar surface area (TPSA) is 77.8 Å². The summed E-state index contributed by atoms with van der Waals surface area (Å²) >= 11 is 0. The van der Waals surface area contributed by atoms with Crippen molar-refractivity contribution in [2.75, 3.05) is 0 Å². The molecule has 0 saturated carbocycles. The summed E-state index contributed by atoms with van der Waals surface area (Å²) in [6, 6.07) is 0. The second-order valence-corrected chi connectivity index (χ2v) is 16.3. The number of carbonyl (C=O) groups is 1. The van der Waals surface area contributed by atoms with E-state index in [9.17, 15) is 20.1 Å². The standard InChI is InChI=1S/C25H52O4Si/c1-7-8-9-10-11-12-13-14-15-16-17-18-19-20-21(26)22(27)23(28)24(29)30(5,6)25(2,3)4/h22-24,27-29H,7-20H2,1-6H3. The van der Waals surface area contributed by atoms with E-state index in [1.807, 2.05) is 33.9 Å². The fraction of sp³-hybridized carbons (Fsp3) is 0.960. The van der Waals surface area contributed by atoms with Gasteiger partial charge >= 0.3 is 0 Å². The van der Waals surface area contributed by atoms with E-state index in [4.69, 9.17) is 0 Å². The second-order valence-electron chi connectivity index (χ2n) is 10.8. The molecule has 0 aromatic heterocycles. The maximum absolute atomic E-state index is 12.3. The first-order chi connectivity index (χ1) is 14.0. The first kappa shape index (κ1) is 29.8. The van der Waals surface area contributed by atoms with E-state index < -0.39 is 26.0 Å². The third kappa shape index (κ3) is 11.4. The van der Waals surface area contributed by atoms with Crippen LogP contribution in [0.4, 0.5) is 0 Å². The minimum atomic E-state index is -2.26. The van der Waals surface area contributed by atoms with Crippen molar-refractivity contribution < 1.29 is 20.1 Å². The fourth-order valence-electron chi connectivity index (χ4n) is 3.70. The SMILES string of the molecule is CCCCCCCCCCCCCCCC(=O)C(O)C(O)C(O)[Si](C)(C)C(C)(C)C. The summed E-state index contributed by atoms with van der Waals surface area (Å²) in [5.74, 6) is -0.344. The minimum absolute atomic E-state index is 0.134. The Morgan fingerprint density at radius 2 is 1.10 bits per heavy atom. The largest absolute Gasteiger partial charge is 0.394 e. The van der Waals surface area contributed by atoms with Crippen LogP contribution in [0.2, 0.25) is 18.1 Å². The molecule has 0 radical (unpaired) electrons. The Morgan fingerprint density at radius 1 is 0.733 bits per heavy atom. The Hall–Kier alpha value is -0.233. The van der Waals surface area contributed by atoms with E-state index >= 15 is 0 Å². The summed E-state index contributed by atoms with van der Waals surface area (Å²) in [7, 11) is -2.26. The van der Waals surface area contributed by atoms with Gasteiger partial charge in [-0.3, -0.25) is 4.79 Å². The van der Waals surface area contributed by atoms with Gasteiger partial charge in [0, 0.05) is 6.42 Å². The van der Waals surface area contributed by atoms with Crippen molar-refractivity contribution in [3.8, 4) is 0 Å². The van der Waals surface area contributed by atoms with Crippen molar-refractivity contribution in [1.29, 1.82) is 0 Å². The highest BCUT2D eigenvalue weighted by Crippen LogP contribution is 2.39. The summed E-state index contributed by atoms with van der Waals surface area (Å²) in [4.78, 5) is 12.3. The van der Waals surface area contributed by atoms with Crippen molar-refractivity contribution in [2.45, 2.75) is 154 Å². The van der Waals surface area contributed by atoms with Crippen LogP contribution in [0.15, 0.2) is 0 Å². The van der Waals surface area contributed by atoms with Crippen LogP contribution in [0.1, 0.15) is 118 Å². The number of aliphatic hydroxyl groups is 3. The highest BCUT2D eigenvalue weighted by Gasteiger charge is 2.47. The van der Waals surface area contributed by atoms with Crippen LogP contribution in [0, 0.1) is 0 Å². The lowest BCUT2D eigenvalue weighted by Gasteiger charge is -2.43. The van der Waals surface area contributed by atoms with Gasteiger partial charge in [0.15, 0.2) is 5.78 Å². The molecule has 0 aliphatic rings. The van der Waals surface area contributed by atoms with Crippen LogP contribution in [0.3, 0.4) is 0 Å². The second kappa shape index (κ2) is 15.5. The summed E-state index contributed by atoms with van der Waals surface area (Å²) in [6.07, 6.45) is 13.6. The highest BCUT2D eigenvalue weighted by molar-refractivity contribution is 6.81. The minimum Gasteiger partial charge on any atom is -0.394 e. The van der Waals surface area contributed by atoms with Crippen molar-refractivity contribution in [3.63, 3.8) is 0 Å². The summed E-state index contributed by atoms with van der Waals surface area (Å²) in [6.45, 7) is 12.3. The molecule has 5 heteroatoms. The molecule has 4 nitrogen and oxygen atoms in total. The van der Waals surface area contributed by atoms with Gasteiger partial charge in [0.25, 0.3) is 0 Å². The van der Waals surface area contributed by atoms with E-state index in [0.717, 1.165) is 19.3 Å². The number of aliphatic hydroxyl groups excluding tert-OH is 3. The highest BCUT2D eigenvalue weighted by atomic mass is 28.3. The molecule has 0 bridgehead atoms. The van der Waals surface area contributed by atoms with Gasteiger partial charge in [-0.15, -0.1) is 0 Å². The van der Waals surface area contributed by atoms with Gasteiger partial charge in [0.05, 0.1) is 13.8 Å². The van der Waals surface area contributed by atoms with Crippen LogP contribution < -0.4 is 0 Å². The average molecular weight is 445 g/mol. The van der Waals surface area contributed by atoms with Crippen LogP contribution >= 0.6 is 0 Å². The molecule has 0 spiro atoms. The van der Waals surface area contributed by atoms with E-state index in [-0.39, 0.29) is 17.2 Å². The molecule has 0 amide bonds. The molecule has 0 rings (SSSR count). The molecule has 0 aromatic carbocycles. The van der Waals surface area contributed by atoms with Gasteiger partial charge in [0.1, 0.15) is 12.2 Å². The van der Waals surface area contributed by atoms with E-state index in [1.165, 1.54) is 64.2 Å². The number of rotatable bonds is 18. The number of hydrogen-bond donors (Lipinski definition) is 3. The zero-order valence-corrected chi connectivity index (χ0v) is 21.9. The number of ketones is 1. The molecule has 0 saturated heterocycles. The maximum Gasteiger partial charge on any atom is 0.164 e. The van der Waals surface area contributed by atoms with Crippen LogP contribution in [0.25, 0.3) is 0 Å². The molecule has 3 N–H and O–H groups in total. The molecule has 0 heterocycles. The number of carbonyl (C=O) groups excluding carboxylic acids is 1. The molecular weight excluding hydrogens is 392 g/mol. The van der Waals surface area contributed by atoms with Gasteiger partial charge in [-0.25, -0.2) is 0 Å². The lowest BCUT2D eigenvalue weighted by atomic mass is 10.0. The Morgan fingerprint density at radius 3 is 1.47 bits per heavy atom. The number of hydrogen-bond acceptors (Lipinski definition) is 4. The van der Waals surface area contributed by atoms with E-state index in [0.29, 0.717) is 0 Å². The van der Waals surface area contributed by atoms with Crippen molar-refractivity contribution >= 4 is 13.9 Å². The Labute approximate surface area is 187 Å². The van der Waals surface area contributed by atoms with E-state index in [2.05, 4.69) is 6.92 Å². The molecule has 3 atom stereocenters. The predicted octanol–water partition coefficient (Wildman–Crippen LogP) is 6.17. The first-order valence-electron chi connectivity index (χ1n) is 12.5. The zero-order chi connectivity index (χ0) is 23.2. The maximum atomic E-state index is 12.3. The fourth-order valence-corrected chi connectivity index (χ4v) is 5.62. The van der Waals surface area contributed by atoms with Crippen LogP contribution in [-0.4, -0.2) is 47.1 Å². The smallest absolute Gasteiger partial charge is 0.164 e. The molecule has 30 heavy (non-hydrogen) atoms. The molecule has 180 valence electrons. The van der Waals surface area contributed by atoms with Gasteiger partial charge in [0.2, 0.25) is 0 Å². The van der Waals surface area contributed by atoms with Gasteiger partial charge in [-0.05, 0) is 11.5 Å². The molecule has 0 fully saturated rings. The third-order valence-electron chi connectivity index (χ3n) is 7.18. The van der Waals surface area contributed by atoms with Crippen molar-refractivity contribution in [2.24, 2.45) is 0 Å². The average Bonchev–Trinajstić information content (AvgIpc) is 2.68. The molecule has 3 unspecified atom stereocenters. The Balaban J connectivity index is 3.89. The Kier molecular flexibility index (Phi) is 15.4. The zero-order valence-electron chi connectivity index (χ0n) is 20.9. The molecule has 0 aliphatic heterocycles. The molecular formula is C25H52O4Si. The lowest BCUT2D eigenvalue weighted by Crippen LogP contribution is -2.58. The summed E-state index contributed by atoms with van der Waals surface area (Å²) in [5.41, 5.74) is -1.02. The lowest BCUT2D eigenvalue weighted by molar-refractivity contribution is -0.136. The monoisotopic (exact) mass is 444 g/mol. The summed E-state index contributed by atoms with van der Waals surface area (Å²) in [5, 5.41) is 31.1. The van der Waals surface area contributed by atoms with Crippen LogP contribution in [0.5, 0.6) is 0 Å². The molecule has 0 aliphatic carbocycles. The predicted molar refractivity (Wildman–Crippen MR) is 131 cm³/mol. The Bertz CT molecular complexity index is 445. The van der Waals surface area contributed by atoms with Gasteiger partial charge < -0.3 is 15.3 Å². The third-order valence-corrected chi connectivity index (χ3v) is 12.9. The summed E-state index contributed by atoms with van der Waals surface area (Å²) < 4.78 is 0. The first-order valence-corrected chi connectivity index (χ1v) is 15.6. The normalized spacial score (nSPS) is 15.8. The van der Waals surface area contributed by atoms with Gasteiger partial charge in [-0.2, -0.15) is 0 Å². The number of Topliss-reactive ketones (excluding diaryl/α,β-unsaturated/α-hetero) is 1. The van der Waals surface area contributed by atoms with Crippen LogP contribution in [-0.2, 0) is 4.79 Å². The molecule has 0 aromatic rings. The quantitative estimate of drug-likeness (QED) is 0.174. The van der Waals surface area contributed by atoms with E-state index in [1.54, 1.807) is 0 Å². The van der Waals surface area contributed by atoms with Crippen molar-refractivity contribution in [1.82, 2.24) is 0 Å². The van der Waals surface area contributed by atoms with Gasteiger partial charge in [-0.1, -0.05) is 118 Å². The van der Waals surface area contributed by atoms with Crippen molar-refractivity contribution in [3.05, 3.63) is 0 Å².